The number of hydrogen-bond acceptors (Lipinski definition) is 0. The molecule has 1 rings (SSSR count). The molecule has 1 aliphatic carbocycles. The summed E-state index contributed by atoms with van der Waals surface area (Å²) in [7, 11) is 0. The second kappa shape index (κ2) is 3.42. The van der Waals surface area contributed by atoms with Gasteiger partial charge in [-0.1, -0.05) is 27.5 Å². The molecule has 0 aromatic heterocycles. The lowest BCUT2D eigenvalue weighted by Gasteiger charge is -2.15. The molecule has 0 aromatic rings. The van der Waals surface area contributed by atoms with Gasteiger partial charge in [0.1, 0.15) is 0 Å². The summed E-state index contributed by atoms with van der Waals surface area (Å²) in [6.45, 7) is 0. The van der Waals surface area contributed by atoms with E-state index in [1.807, 2.05) is 0 Å². The van der Waals surface area contributed by atoms with Gasteiger partial charge in [0.05, 0.1) is 5.57 Å². The topological polar surface area (TPSA) is 0 Å². The molecule has 0 aromatic carbocycles. The van der Waals surface area contributed by atoms with E-state index in [-0.39, 0.29) is 11.5 Å². The normalized spacial score (nSPS) is 19.6. The van der Waals surface area contributed by atoms with Crippen LogP contribution in [0.5, 0.6) is 0 Å². The van der Waals surface area contributed by atoms with E-state index in [1.165, 1.54) is 0 Å². The fraction of sp³-hybridized carbons (Fsp3) is 0.429. The van der Waals surface area contributed by atoms with Crippen LogP contribution in [0.3, 0.4) is 0 Å². The molecular weight excluding hydrogens is 256 g/mol. The Morgan fingerprint density at radius 2 is 1.92 bits per heavy atom. The summed E-state index contributed by atoms with van der Waals surface area (Å²) < 4.78 is 37.0. The average Bonchev–Trinajstić information content (AvgIpc) is 1.92. The highest BCUT2D eigenvalue weighted by Gasteiger charge is 2.35. The van der Waals surface area contributed by atoms with Gasteiger partial charge in [0, 0.05) is 5.03 Å². The van der Waals surface area contributed by atoms with Crippen LogP contribution in [0.1, 0.15) is 12.8 Å². The molecule has 0 atom stereocenters. The Morgan fingerprint density at radius 3 is 2.33 bits per heavy atom. The van der Waals surface area contributed by atoms with E-state index in [0.29, 0.717) is 10.9 Å². The number of rotatable bonds is 0. The summed E-state index contributed by atoms with van der Waals surface area (Å²) in [5, 5.41) is -0.106. The van der Waals surface area contributed by atoms with E-state index in [2.05, 4.69) is 15.9 Å². The molecule has 0 heterocycles. The molecular formula is C7H5BrClF3. The van der Waals surface area contributed by atoms with Gasteiger partial charge in [0.15, 0.2) is 0 Å². The summed E-state index contributed by atoms with van der Waals surface area (Å²) >= 11 is 8.44. The molecule has 12 heavy (non-hydrogen) atoms. The van der Waals surface area contributed by atoms with Crippen molar-refractivity contribution in [3.05, 3.63) is 21.2 Å². The van der Waals surface area contributed by atoms with E-state index in [9.17, 15) is 13.2 Å². The maximum atomic E-state index is 12.2. The largest absolute Gasteiger partial charge is 0.417 e. The van der Waals surface area contributed by atoms with Crippen LogP contribution in [0.4, 0.5) is 13.2 Å². The molecule has 0 amide bonds. The fourth-order valence-electron chi connectivity index (χ4n) is 0.907. The lowest BCUT2D eigenvalue weighted by molar-refractivity contribution is -0.0889. The average molecular weight is 261 g/mol. The van der Waals surface area contributed by atoms with Crippen molar-refractivity contribution in [2.75, 3.05) is 0 Å². The predicted octanol–water partition coefficient (Wildman–Crippen LogP) is 4.11. The predicted molar refractivity (Wildman–Crippen MR) is 45.2 cm³/mol. The highest BCUT2D eigenvalue weighted by molar-refractivity contribution is 9.11. The molecule has 0 saturated heterocycles. The number of alkyl halides is 3. The van der Waals surface area contributed by atoms with Gasteiger partial charge in [0.25, 0.3) is 0 Å². The highest BCUT2D eigenvalue weighted by Crippen LogP contribution is 2.38. The third-order valence-electron chi connectivity index (χ3n) is 1.48. The molecule has 0 spiro atoms. The molecule has 1 aliphatic rings. The van der Waals surface area contributed by atoms with Crippen molar-refractivity contribution in [2.45, 2.75) is 19.0 Å². The van der Waals surface area contributed by atoms with E-state index in [1.54, 1.807) is 0 Å². The fourth-order valence-corrected chi connectivity index (χ4v) is 1.59. The quantitative estimate of drug-likeness (QED) is 0.615. The zero-order chi connectivity index (χ0) is 9.35. The second-order valence-corrected chi connectivity index (χ2v) is 3.88. The molecule has 0 nitrogen and oxygen atoms in total. The van der Waals surface area contributed by atoms with E-state index in [0.717, 1.165) is 6.08 Å². The van der Waals surface area contributed by atoms with Crippen molar-refractivity contribution in [3.8, 4) is 0 Å². The van der Waals surface area contributed by atoms with Gasteiger partial charge in [0.2, 0.25) is 0 Å². The maximum absolute atomic E-state index is 12.2. The lowest BCUT2D eigenvalue weighted by Crippen LogP contribution is -2.13. The van der Waals surface area contributed by atoms with Crippen LogP contribution in [0.2, 0.25) is 0 Å². The molecule has 0 bridgehead atoms. The van der Waals surface area contributed by atoms with Crippen LogP contribution >= 0.6 is 27.5 Å². The first-order valence-electron chi connectivity index (χ1n) is 3.23. The number of halogens is 5. The number of allylic oxidation sites excluding steroid dienone is 4. The first-order valence-corrected chi connectivity index (χ1v) is 4.40. The van der Waals surface area contributed by atoms with Gasteiger partial charge >= 0.3 is 6.18 Å². The lowest BCUT2D eigenvalue weighted by atomic mass is 10.1. The van der Waals surface area contributed by atoms with Crippen LogP contribution in [0, 0.1) is 0 Å². The van der Waals surface area contributed by atoms with Crippen molar-refractivity contribution >= 4 is 27.5 Å². The third kappa shape index (κ3) is 2.26. The first-order chi connectivity index (χ1) is 5.41. The van der Waals surface area contributed by atoms with Gasteiger partial charge < -0.3 is 0 Å². The van der Waals surface area contributed by atoms with Gasteiger partial charge in [-0.2, -0.15) is 13.2 Å². The summed E-state index contributed by atoms with van der Waals surface area (Å²) in [4.78, 5) is 0. The van der Waals surface area contributed by atoms with Crippen molar-refractivity contribution in [1.29, 1.82) is 0 Å². The Morgan fingerprint density at radius 1 is 1.33 bits per heavy atom. The Labute approximate surface area is 81.2 Å². The van der Waals surface area contributed by atoms with Crippen LogP contribution < -0.4 is 0 Å². The van der Waals surface area contributed by atoms with Crippen LogP contribution in [-0.2, 0) is 0 Å². The van der Waals surface area contributed by atoms with Gasteiger partial charge in [-0.05, 0) is 23.4 Å². The third-order valence-corrected chi connectivity index (χ3v) is 2.50. The molecule has 0 aliphatic heterocycles. The summed E-state index contributed by atoms with van der Waals surface area (Å²) in [5.41, 5.74) is -0.734. The second-order valence-electron chi connectivity index (χ2n) is 2.41. The van der Waals surface area contributed by atoms with Crippen molar-refractivity contribution in [3.63, 3.8) is 0 Å². The molecule has 0 saturated carbocycles. The zero-order valence-corrected chi connectivity index (χ0v) is 8.22. The van der Waals surface area contributed by atoms with E-state index >= 15 is 0 Å². The molecule has 0 radical (unpaired) electrons. The van der Waals surface area contributed by atoms with Crippen molar-refractivity contribution < 1.29 is 13.2 Å². The van der Waals surface area contributed by atoms with Crippen LogP contribution in [0.15, 0.2) is 21.2 Å². The molecule has 0 unspecified atom stereocenters. The number of hydrogen-bond donors (Lipinski definition) is 0. The van der Waals surface area contributed by atoms with Gasteiger partial charge in [-0.25, -0.2) is 0 Å². The minimum absolute atomic E-state index is 0.106. The Hall–Kier alpha value is 0.0400. The van der Waals surface area contributed by atoms with Crippen LogP contribution in [0.25, 0.3) is 0 Å². The minimum atomic E-state index is -4.34. The minimum Gasteiger partial charge on any atom is -0.166 e. The van der Waals surface area contributed by atoms with Crippen molar-refractivity contribution in [1.82, 2.24) is 0 Å². The first kappa shape index (κ1) is 10.1. The summed E-state index contributed by atoms with van der Waals surface area (Å²) in [6, 6.07) is 0. The SMILES string of the molecule is FC(F)(F)C1=C(Cl)CCC(Br)=C1. The van der Waals surface area contributed by atoms with Gasteiger partial charge in [-0.15, -0.1) is 0 Å². The Bertz CT molecular complexity index is 252. The Balaban J connectivity index is 3.02. The summed E-state index contributed by atoms with van der Waals surface area (Å²) in [6.07, 6.45) is -2.51. The molecule has 0 N–H and O–H groups in total. The maximum Gasteiger partial charge on any atom is 0.417 e. The molecule has 0 fully saturated rings. The molecule has 5 heteroatoms. The standard InChI is InChI=1S/C7H5BrClF3/c8-4-1-2-6(9)5(3-4)7(10,11)12/h3H,1-2H2. The van der Waals surface area contributed by atoms with Gasteiger partial charge in [-0.3, -0.25) is 0 Å². The zero-order valence-electron chi connectivity index (χ0n) is 5.88. The summed E-state index contributed by atoms with van der Waals surface area (Å²) in [5.74, 6) is 0. The van der Waals surface area contributed by atoms with E-state index in [4.69, 9.17) is 11.6 Å². The Kier molecular flexibility index (Phi) is 2.88. The van der Waals surface area contributed by atoms with Crippen LogP contribution in [-0.4, -0.2) is 6.18 Å². The van der Waals surface area contributed by atoms with Crippen molar-refractivity contribution in [2.24, 2.45) is 0 Å². The van der Waals surface area contributed by atoms with E-state index < -0.39 is 11.7 Å². The smallest absolute Gasteiger partial charge is 0.166 e. The highest BCUT2D eigenvalue weighted by atomic mass is 79.9. The monoisotopic (exact) mass is 260 g/mol. The molecule has 68 valence electrons.